The van der Waals surface area contributed by atoms with Crippen LogP contribution in [-0.4, -0.2) is 24.5 Å². The van der Waals surface area contributed by atoms with Gasteiger partial charge in [-0.25, -0.2) is 4.39 Å². The Labute approximate surface area is 120 Å². The smallest absolute Gasteiger partial charge is 0.230 e. The Hall–Kier alpha value is -1.42. The molecule has 0 radical (unpaired) electrons. The molecule has 1 aliphatic heterocycles. The van der Waals surface area contributed by atoms with Gasteiger partial charge in [-0.1, -0.05) is 12.1 Å². The minimum Gasteiger partial charge on any atom is -0.351 e. The first-order valence-electron chi connectivity index (χ1n) is 7.21. The van der Waals surface area contributed by atoms with E-state index in [1.54, 1.807) is 12.1 Å². The fraction of sp³-hybridized carbons (Fsp3) is 0.562. The van der Waals surface area contributed by atoms with Crippen molar-refractivity contribution in [2.24, 2.45) is 0 Å². The molecule has 0 aliphatic carbocycles. The molecule has 1 amide bonds. The highest BCUT2D eigenvalue weighted by Gasteiger charge is 2.33. The van der Waals surface area contributed by atoms with Crippen LogP contribution < -0.4 is 10.6 Å². The summed E-state index contributed by atoms with van der Waals surface area (Å²) in [5, 5.41) is 6.47. The first kappa shape index (κ1) is 15.0. The second-order valence-corrected chi connectivity index (χ2v) is 6.10. The molecule has 1 saturated heterocycles. The van der Waals surface area contributed by atoms with E-state index in [9.17, 15) is 9.18 Å². The van der Waals surface area contributed by atoms with E-state index >= 15 is 0 Å². The van der Waals surface area contributed by atoms with Crippen LogP contribution in [0.15, 0.2) is 24.3 Å². The zero-order valence-electron chi connectivity index (χ0n) is 12.4. The first-order chi connectivity index (χ1) is 9.41. The fourth-order valence-electron chi connectivity index (χ4n) is 2.60. The third-order valence-corrected chi connectivity index (χ3v) is 4.19. The van der Waals surface area contributed by atoms with Crippen LogP contribution in [0.4, 0.5) is 4.39 Å². The molecular formula is C16H23FN2O. The number of rotatable bonds is 3. The SMILES string of the molecule is CC1NCCCC1NC(=O)C(C)(C)c1cccc(F)c1. The third kappa shape index (κ3) is 3.18. The summed E-state index contributed by atoms with van der Waals surface area (Å²) >= 11 is 0. The number of piperidine rings is 1. The Kier molecular flexibility index (Phi) is 4.43. The average molecular weight is 278 g/mol. The maximum Gasteiger partial charge on any atom is 0.230 e. The summed E-state index contributed by atoms with van der Waals surface area (Å²) in [4.78, 5) is 12.5. The van der Waals surface area contributed by atoms with Crippen molar-refractivity contribution < 1.29 is 9.18 Å². The van der Waals surface area contributed by atoms with Crippen LogP contribution in [0.3, 0.4) is 0 Å². The van der Waals surface area contributed by atoms with Gasteiger partial charge in [-0.15, -0.1) is 0 Å². The van der Waals surface area contributed by atoms with E-state index < -0.39 is 5.41 Å². The van der Waals surface area contributed by atoms with Crippen molar-refractivity contribution in [3.05, 3.63) is 35.6 Å². The van der Waals surface area contributed by atoms with E-state index in [-0.39, 0.29) is 23.8 Å². The molecule has 2 N–H and O–H groups in total. The molecule has 1 aliphatic rings. The predicted molar refractivity (Wildman–Crippen MR) is 78.1 cm³/mol. The number of carbonyl (C=O) groups is 1. The van der Waals surface area contributed by atoms with Crippen molar-refractivity contribution in [1.29, 1.82) is 0 Å². The van der Waals surface area contributed by atoms with Gasteiger partial charge in [0.15, 0.2) is 0 Å². The molecule has 20 heavy (non-hydrogen) atoms. The number of nitrogens with one attached hydrogen (secondary N) is 2. The Morgan fingerprint density at radius 2 is 2.20 bits per heavy atom. The lowest BCUT2D eigenvalue weighted by Crippen LogP contribution is -2.55. The molecular weight excluding hydrogens is 255 g/mol. The van der Waals surface area contributed by atoms with Crippen LogP contribution in [-0.2, 0) is 10.2 Å². The highest BCUT2D eigenvalue weighted by Crippen LogP contribution is 2.24. The topological polar surface area (TPSA) is 41.1 Å². The first-order valence-corrected chi connectivity index (χ1v) is 7.21. The molecule has 0 saturated carbocycles. The lowest BCUT2D eigenvalue weighted by molar-refractivity contribution is -0.126. The quantitative estimate of drug-likeness (QED) is 0.891. The molecule has 2 rings (SSSR count). The van der Waals surface area contributed by atoms with Gasteiger partial charge in [-0.2, -0.15) is 0 Å². The number of benzene rings is 1. The van der Waals surface area contributed by atoms with Gasteiger partial charge in [0.1, 0.15) is 5.82 Å². The minimum atomic E-state index is -0.737. The molecule has 1 aromatic carbocycles. The molecule has 2 unspecified atom stereocenters. The molecule has 1 fully saturated rings. The van der Waals surface area contributed by atoms with Crippen molar-refractivity contribution in [3.63, 3.8) is 0 Å². The number of hydrogen-bond donors (Lipinski definition) is 2. The second kappa shape index (κ2) is 5.92. The lowest BCUT2D eigenvalue weighted by Gasteiger charge is -2.34. The van der Waals surface area contributed by atoms with E-state index in [4.69, 9.17) is 0 Å². The standard InChI is InChI=1S/C16H23FN2O/c1-11-14(8-5-9-18-11)19-15(20)16(2,3)12-6-4-7-13(17)10-12/h4,6-7,10-11,14,18H,5,8-9H2,1-3H3,(H,19,20). The van der Waals surface area contributed by atoms with Crippen LogP contribution in [0.25, 0.3) is 0 Å². The summed E-state index contributed by atoms with van der Waals surface area (Å²) in [7, 11) is 0. The van der Waals surface area contributed by atoms with Crippen LogP contribution >= 0.6 is 0 Å². The highest BCUT2D eigenvalue weighted by atomic mass is 19.1. The summed E-state index contributed by atoms with van der Waals surface area (Å²) in [5.74, 6) is -0.361. The van der Waals surface area contributed by atoms with Gasteiger partial charge in [-0.3, -0.25) is 4.79 Å². The van der Waals surface area contributed by atoms with E-state index in [1.807, 2.05) is 13.8 Å². The highest BCUT2D eigenvalue weighted by molar-refractivity contribution is 5.87. The third-order valence-electron chi connectivity index (χ3n) is 4.19. The predicted octanol–water partition coefficient (Wildman–Crippen LogP) is 2.36. The maximum absolute atomic E-state index is 13.3. The molecule has 3 nitrogen and oxygen atoms in total. The van der Waals surface area contributed by atoms with Crippen molar-refractivity contribution in [2.45, 2.75) is 51.1 Å². The molecule has 0 aromatic heterocycles. The molecule has 0 spiro atoms. The van der Waals surface area contributed by atoms with E-state index in [0.717, 1.165) is 19.4 Å². The molecule has 0 bridgehead atoms. The van der Waals surface area contributed by atoms with Gasteiger partial charge < -0.3 is 10.6 Å². The van der Waals surface area contributed by atoms with Crippen molar-refractivity contribution in [2.75, 3.05) is 6.54 Å². The van der Waals surface area contributed by atoms with E-state index in [1.165, 1.54) is 12.1 Å². The monoisotopic (exact) mass is 278 g/mol. The summed E-state index contributed by atoms with van der Waals surface area (Å²) < 4.78 is 13.3. The summed E-state index contributed by atoms with van der Waals surface area (Å²) in [6, 6.07) is 6.68. The fourth-order valence-corrected chi connectivity index (χ4v) is 2.60. The van der Waals surface area contributed by atoms with Crippen molar-refractivity contribution in [1.82, 2.24) is 10.6 Å². The zero-order valence-corrected chi connectivity index (χ0v) is 12.4. The Morgan fingerprint density at radius 1 is 1.45 bits per heavy atom. The number of amides is 1. The van der Waals surface area contributed by atoms with Crippen LogP contribution in [0.1, 0.15) is 39.2 Å². The maximum atomic E-state index is 13.3. The van der Waals surface area contributed by atoms with Gasteiger partial charge in [0.2, 0.25) is 5.91 Å². The van der Waals surface area contributed by atoms with Crippen LogP contribution in [0.5, 0.6) is 0 Å². The minimum absolute atomic E-state index is 0.0522. The normalized spacial score (nSPS) is 23.4. The molecule has 1 aromatic rings. The molecule has 1 heterocycles. The summed E-state index contributed by atoms with van der Waals surface area (Å²) in [6.07, 6.45) is 2.05. The summed E-state index contributed by atoms with van der Waals surface area (Å²) in [6.45, 7) is 6.75. The van der Waals surface area contributed by atoms with Crippen LogP contribution in [0, 0.1) is 5.82 Å². The Bertz CT molecular complexity index is 487. The number of halogens is 1. The van der Waals surface area contributed by atoms with E-state index in [2.05, 4.69) is 17.6 Å². The number of hydrogen-bond acceptors (Lipinski definition) is 2. The summed E-state index contributed by atoms with van der Waals surface area (Å²) in [5.41, 5.74) is -0.0364. The molecule has 110 valence electrons. The largest absolute Gasteiger partial charge is 0.351 e. The van der Waals surface area contributed by atoms with E-state index in [0.29, 0.717) is 5.56 Å². The Balaban J connectivity index is 2.10. The average Bonchev–Trinajstić information content (AvgIpc) is 2.41. The van der Waals surface area contributed by atoms with Gasteiger partial charge in [0, 0.05) is 12.1 Å². The van der Waals surface area contributed by atoms with Crippen LogP contribution in [0.2, 0.25) is 0 Å². The molecule has 2 atom stereocenters. The van der Waals surface area contributed by atoms with Gasteiger partial charge in [-0.05, 0) is 57.9 Å². The molecule has 4 heteroatoms. The lowest BCUT2D eigenvalue weighted by atomic mass is 9.83. The number of carbonyl (C=O) groups excluding carboxylic acids is 1. The van der Waals surface area contributed by atoms with Gasteiger partial charge >= 0.3 is 0 Å². The van der Waals surface area contributed by atoms with Gasteiger partial charge in [0.25, 0.3) is 0 Å². The van der Waals surface area contributed by atoms with Crippen molar-refractivity contribution >= 4 is 5.91 Å². The second-order valence-electron chi connectivity index (χ2n) is 6.10. The van der Waals surface area contributed by atoms with Gasteiger partial charge in [0.05, 0.1) is 5.41 Å². The zero-order chi connectivity index (χ0) is 14.8. The Morgan fingerprint density at radius 3 is 2.85 bits per heavy atom. The van der Waals surface area contributed by atoms with Crippen molar-refractivity contribution in [3.8, 4) is 0 Å².